The van der Waals surface area contributed by atoms with E-state index in [-0.39, 0.29) is 0 Å². The van der Waals surface area contributed by atoms with Gasteiger partial charge in [0, 0.05) is 18.8 Å². The Balaban J connectivity index is 2.71. The third-order valence-electron chi connectivity index (χ3n) is 1.68. The molecule has 4 nitrogen and oxygen atoms in total. The maximum absolute atomic E-state index is 4.18. The standard InChI is InChI=1S/C9H16N4/c1-8-5-9(11-6-10-8)13(4)7-12(2)3/h5-6H,7H2,1-4H3. The molecule has 0 unspecified atom stereocenters. The van der Waals surface area contributed by atoms with Crippen molar-refractivity contribution in [1.29, 1.82) is 0 Å². The second-order valence-corrected chi connectivity index (χ2v) is 3.44. The second kappa shape index (κ2) is 4.18. The average Bonchev–Trinajstić information content (AvgIpc) is 2.03. The molecule has 1 aromatic rings. The number of anilines is 1. The van der Waals surface area contributed by atoms with Gasteiger partial charge < -0.3 is 4.90 Å². The maximum atomic E-state index is 4.18. The minimum Gasteiger partial charge on any atom is -0.347 e. The van der Waals surface area contributed by atoms with Gasteiger partial charge in [0.05, 0.1) is 6.67 Å². The van der Waals surface area contributed by atoms with Gasteiger partial charge in [0.1, 0.15) is 12.1 Å². The summed E-state index contributed by atoms with van der Waals surface area (Å²) in [6.45, 7) is 2.82. The number of hydrogen-bond donors (Lipinski definition) is 0. The first-order chi connectivity index (χ1) is 6.09. The van der Waals surface area contributed by atoms with Gasteiger partial charge in [0.25, 0.3) is 0 Å². The third kappa shape index (κ3) is 2.99. The van der Waals surface area contributed by atoms with E-state index >= 15 is 0 Å². The van der Waals surface area contributed by atoms with E-state index in [0.717, 1.165) is 18.2 Å². The summed E-state index contributed by atoms with van der Waals surface area (Å²) in [7, 11) is 6.08. The van der Waals surface area contributed by atoms with Crippen LogP contribution in [0, 0.1) is 6.92 Å². The lowest BCUT2D eigenvalue weighted by Gasteiger charge is -2.22. The summed E-state index contributed by atoms with van der Waals surface area (Å²) in [5.74, 6) is 0.959. The van der Waals surface area contributed by atoms with Crippen LogP contribution in [0.4, 0.5) is 5.82 Å². The van der Waals surface area contributed by atoms with E-state index in [9.17, 15) is 0 Å². The SMILES string of the molecule is Cc1cc(N(C)CN(C)C)ncn1. The molecule has 0 fully saturated rings. The van der Waals surface area contributed by atoms with Gasteiger partial charge >= 0.3 is 0 Å². The molecule has 0 saturated carbocycles. The summed E-state index contributed by atoms with van der Waals surface area (Å²) in [6, 6.07) is 1.98. The first-order valence-corrected chi connectivity index (χ1v) is 4.24. The number of aromatic nitrogens is 2. The molecule has 0 spiro atoms. The van der Waals surface area contributed by atoms with Crippen LogP contribution in [0.2, 0.25) is 0 Å². The maximum Gasteiger partial charge on any atom is 0.132 e. The summed E-state index contributed by atoms with van der Waals surface area (Å²) in [5, 5.41) is 0. The van der Waals surface area contributed by atoms with Gasteiger partial charge in [-0.3, -0.25) is 4.90 Å². The highest BCUT2D eigenvalue weighted by molar-refractivity contribution is 5.36. The van der Waals surface area contributed by atoms with Gasteiger partial charge in [0.2, 0.25) is 0 Å². The zero-order valence-corrected chi connectivity index (χ0v) is 8.65. The fourth-order valence-corrected chi connectivity index (χ4v) is 1.15. The number of rotatable bonds is 3. The quantitative estimate of drug-likeness (QED) is 0.642. The molecule has 1 rings (SSSR count). The number of aryl methyl sites for hydroxylation is 1. The van der Waals surface area contributed by atoms with Gasteiger partial charge in [-0.05, 0) is 21.0 Å². The van der Waals surface area contributed by atoms with Gasteiger partial charge in [-0.1, -0.05) is 0 Å². The molecule has 13 heavy (non-hydrogen) atoms. The summed E-state index contributed by atoms with van der Waals surface area (Å²) < 4.78 is 0. The molecule has 0 aromatic carbocycles. The lowest BCUT2D eigenvalue weighted by molar-refractivity contribution is 0.410. The largest absolute Gasteiger partial charge is 0.347 e. The monoisotopic (exact) mass is 180 g/mol. The average molecular weight is 180 g/mol. The Hall–Kier alpha value is -1.16. The molecule has 1 heterocycles. The fourth-order valence-electron chi connectivity index (χ4n) is 1.15. The summed E-state index contributed by atoms with van der Waals surface area (Å²) >= 11 is 0. The number of nitrogens with zero attached hydrogens (tertiary/aromatic N) is 4. The van der Waals surface area contributed by atoms with Crippen molar-refractivity contribution in [3.8, 4) is 0 Å². The van der Waals surface area contributed by atoms with Crippen LogP contribution >= 0.6 is 0 Å². The molecule has 0 aliphatic carbocycles. The minimum absolute atomic E-state index is 0.858. The first kappa shape index (κ1) is 9.92. The molecule has 0 radical (unpaired) electrons. The fraction of sp³-hybridized carbons (Fsp3) is 0.556. The van der Waals surface area contributed by atoms with E-state index in [1.165, 1.54) is 0 Å². The van der Waals surface area contributed by atoms with Crippen LogP contribution < -0.4 is 4.90 Å². The van der Waals surface area contributed by atoms with Crippen molar-refractivity contribution < 1.29 is 0 Å². The van der Waals surface area contributed by atoms with E-state index < -0.39 is 0 Å². The van der Waals surface area contributed by atoms with Gasteiger partial charge in [-0.2, -0.15) is 0 Å². The van der Waals surface area contributed by atoms with E-state index in [0.29, 0.717) is 0 Å². The van der Waals surface area contributed by atoms with E-state index in [2.05, 4.69) is 19.8 Å². The van der Waals surface area contributed by atoms with Crippen LogP contribution in [-0.2, 0) is 0 Å². The zero-order chi connectivity index (χ0) is 9.84. The van der Waals surface area contributed by atoms with Crippen molar-refractivity contribution in [3.63, 3.8) is 0 Å². The van der Waals surface area contributed by atoms with Crippen LogP contribution in [0.3, 0.4) is 0 Å². The Labute approximate surface area is 79.2 Å². The van der Waals surface area contributed by atoms with Crippen molar-refractivity contribution >= 4 is 5.82 Å². The van der Waals surface area contributed by atoms with Crippen molar-refractivity contribution in [3.05, 3.63) is 18.1 Å². The van der Waals surface area contributed by atoms with Crippen molar-refractivity contribution in [2.45, 2.75) is 6.92 Å². The lowest BCUT2D eigenvalue weighted by atomic mass is 10.4. The highest BCUT2D eigenvalue weighted by Crippen LogP contribution is 2.07. The molecule has 1 aromatic heterocycles. The molecule has 0 bridgehead atoms. The highest BCUT2D eigenvalue weighted by Gasteiger charge is 2.02. The molecular formula is C9H16N4. The van der Waals surface area contributed by atoms with Gasteiger partial charge in [-0.15, -0.1) is 0 Å². The Morgan fingerprint density at radius 3 is 2.46 bits per heavy atom. The summed E-state index contributed by atoms with van der Waals surface area (Å²) in [6.07, 6.45) is 1.59. The Morgan fingerprint density at radius 2 is 1.92 bits per heavy atom. The van der Waals surface area contributed by atoms with E-state index in [4.69, 9.17) is 0 Å². The predicted molar refractivity (Wildman–Crippen MR) is 53.7 cm³/mol. The molecule has 0 N–H and O–H groups in total. The van der Waals surface area contributed by atoms with E-state index in [1.54, 1.807) is 6.33 Å². The molecule has 0 saturated heterocycles. The smallest absolute Gasteiger partial charge is 0.132 e. The molecule has 0 aliphatic rings. The topological polar surface area (TPSA) is 32.3 Å². The van der Waals surface area contributed by atoms with Gasteiger partial charge in [0.15, 0.2) is 0 Å². The third-order valence-corrected chi connectivity index (χ3v) is 1.68. The van der Waals surface area contributed by atoms with Crippen molar-refractivity contribution in [2.75, 3.05) is 32.7 Å². The first-order valence-electron chi connectivity index (χ1n) is 4.24. The highest BCUT2D eigenvalue weighted by atomic mass is 15.3. The summed E-state index contributed by atoms with van der Waals surface area (Å²) in [5.41, 5.74) is 0.996. The number of hydrogen-bond acceptors (Lipinski definition) is 4. The molecule has 72 valence electrons. The minimum atomic E-state index is 0.858. The Morgan fingerprint density at radius 1 is 1.23 bits per heavy atom. The molecule has 0 amide bonds. The zero-order valence-electron chi connectivity index (χ0n) is 8.65. The summed E-state index contributed by atoms with van der Waals surface area (Å²) in [4.78, 5) is 12.4. The molecule has 0 aliphatic heterocycles. The second-order valence-electron chi connectivity index (χ2n) is 3.44. The van der Waals surface area contributed by atoms with Crippen LogP contribution in [0.15, 0.2) is 12.4 Å². The molecule has 4 heteroatoms. The Kier molecular flexibility index (Phi) is 3.19. The van der Waals surface area contributed by atoms with Crippen molar-refractivity contribution in [1.82, 2.24) is 14.9 Å². The Bertz CT molecular complexity index is 272. The van der Waals surface area contributed by atoms with Crippen LogP contribution in [0.25, 0.3) is 0 Å². The van der Waals surface area contributed by atoms with Crippen LogP contribution in [-0.4, -0.2) is 42.7 Å². The van der Waals surface area contributed by atoms with Crippen LogP contribution in [0.5, 0.6) is 0 Å². The van der Waals surface area contributed by atoms with E-state index in [1.807, 2.05) is 34.1 Å². The van der Waals surface area contributed by atoms with Crippen molar-refractivity contribution in [2.24, 2.45) is 0 Å². The normalized spacial score (nSPS) is 10.5. The predicted octanol–water partition coefficient (Wildman–Crippen LogP) is 0.740. The van der Waals surface area contributed by atoms with Crippen LogP contribution in [0.1, 0.15) is 5.69 Å². The molecule has 0 atom stereocenters. The lowest BCUT2D eigenvalue weighted by Crippen LogP contribution is -2.30. The van der Waals surface area contributed by atoms with Gasteiger partial charge in [-0.25, -0.2) is 9.97 Å². The molecular weight excluding hydrogens is 164 g/mol.